The summed E-state index contributed by atoms with van der Waals surface area (Å²) in [4.78, 5) is 26.5. The molecule has 136 valence electrons. The highest BCUT2D eigenvalue weighted by molar-refractivity contribution is 6.05. The monoisotopic (exact) mass is 359 g/mol. The van der Waals surface area contributed by atoms with Crippen molar-refractivity contribution < 1.29 is 9.59 Å². The number of carbonyl (C=O) groups is 2. The van der Waals surface area contributed by atoms with Crippen LogP contribution in [0, 0.1) is 0 Å². The van der Waals surface area contributed by atoms with Crippen LogP contribution in [0.4, 0.5) is 11.4 Å². The van der Waals surface area contributed by atoms with Crippen molar-refractivity contribution in [2.24, 2.45) is 0 Å². The Hall–Kier alpha value is -3.34. The molecule has 2 amide bonds. The summed E-state index contributed by atoms with van der Waals surface area (Å²) in [6.45, 7) is 2.55. The summed E-state index contributed by atoms with van der Waals surface area (Å²) in [6.07, 6.45) is 5.19. The van der Waals surface area contributed by atoms with Gasteiger partial charge in [0.15, 0.2) is 0 Å². The lowest BCUT2D eigenvalue weighted by atomic mass is 10.1. The molecule has 0 radical (unpaired) electrons. The van der Waals surface area contributed by atoms with Crippen molar-refractivity contribution in [2.75, 3.05) is 16.8 Å². The molecule has 0 aliphatic carbocycles. The molecule has 1 aromatic heterocycles. The van der Waals surface area contributed by atoms with E-state index in [-0.39, 0.29) is 11.8 Å². The van der Waals surface area contributed by atoms with E-state index in [1.807, 2.05) is 72.4 Å². The Kier molecular flexibility index (Phi) is 4.50. The number of amides is 2. The van der Waals surface area contributed by atoms with Crippen molar-refractivity contribution in [1.82, 2.24) is 4.57 Å². The first-order valence-electron chi connectivity index (χ1n) is 9.14. The molecule has 1 aliphatic heterocycles. The highest BCUT2D eigenvalue weighted by Gasteiger charge is 2.24. The molecule has 1 aliphatic rings. The van der Waals surface area contributed by atoms with Gasteiger partial charge in [-0.1, -0.05) is 13.0 Å². The average Bonchev–Trinajstić information content (AvgIpc) is 3.37. The van der Waals surface area contributed by atoms with Crippen LogP contribution in [0.5, 0.6) is 0 Å². The number of aromatic nitrogens is 1. The van der Waals surface area contributed by atoms with E-state index in [0.29, 0.717) is 18.5 Å². The molecule has 0 unspecified atom stereocenters. The molecule has 0 saturated carbocycles. The van der Waals surface area contributed by atoms with E-state index in [0.717, 1.165) is 29.0 Å². The molecule has 27 heavy (non-hydrogen) atoms. The van der Waals surface area contributed by atoms with Crippen LogP contribution in [0.1, 0.15) is 29.3 Å². The second-order valence-corrected chi connectivity index (χ2v) is 6.59. The lowest BCUT2D eigenvalue weighted by Crippen LogP contribution is -2.27. The Morgan fingerprint density at radius 3 is 2.63 bits per heavy atom. The molecule has 0 spiro atoms. The SMILES string of the molecule is CCC(=O)N1CCc2cc(C(=O)Nc3cccc(-n4cccc4)c3)ccc21. The number of hydrogen-bond donors (Lipinski definition) is 1. The van der Waals surface area contributed by atoms with E-state index >= 15 is 0 Å². The quantitative estimate of drug-likeness (QED) is 0.765. The van der Waals surface area contributed by atoms with Gasteiger partial charge >= 0.3 is 0 Å². The summed E-state index contributed by atoms with van der Waals surface area (Å²) in [5.41, 5.74) is 4.31. The normalized spacial score (nSPS) is 12.7. The maximum atomic E-state index is 12.7. The van der Waals surface area contributed by atoms with Gasteiger partial charge in [-0.25, -0.2) is 0 Å². The number of nitrogens with zero attached hydrogens (tertiary/aromatic N) is 2. The van der Waals surface area contributed by atoms with Crippen LogP contribution < -0.4 is 10.2 Å². The van der Waals surface area contributed by atoms with Crippen molar-refractivity contribution in [2.45, 2.75) is 19.8 Å². The molecule has 1 N–H and O–H groups in total. The van der Waals surface area contributed by atoms with E-state index < -0.39 is 0 Å². The molecule has 4 rings (SSSR count). The van der Waals surface area contributed by atoms with Crippen LogP contribution in [0.2, 0.25) is 0 Å². The molecule has 0 saturated heterocycles. The van der Waals surface area contributed by atoms with Gasteiger partial charge in [0.1, 0.15) is 0 Å². The largest absolute Gasteiger partial charge is 0.324 e. The number of carbonyl (C=O) groups excluding carboxylic acids is 2. The van der Waals surface area contributed by atoms with Crippen molar-refractivity contribution in [3.63, 3.8) is 0 Å². The Bertz CT molecular complexity index is 993. The third-order valence-electron chi connectivity index (χ3n) is 4.85. The molecule has 5 nitrogen and oxygen atoms in total. The number of rotatable bonds is 4. The van der Waals surface area contributed by atoms with Gasteiger partial charge in [0.25, 0.3) is 5.91 Å². The second-order valence-electron chi connectivity index (χ2n) is 6.59. The van der Waals surface area contributed by atoms with Crippen LogP contribution in [-0.2, 0) is 11.2 Å². The van der Waals surface area contributed by atoms with E-state index in [9.17, 15) is 9.59 Å². The fraction of sp³-hybridized carbons (Fsp3) is 0.182. The highest BCUT2D eigenvalue weighted by Crippen LogP contribution is 2.29. The second kappa shape index (κ2) is 7.11. The first-order chi connectivity index (χ1) is 13.2. The first-order valence-corrected chi connectivity index (χ1v) is 9.14. The summed E-state index contributed by atoms with van der Waals surface area (Å²) < 4.78 is 1.99. The predicted molar refractivity (Wildman–Crippen MR) is 107 cm³/mol. The van der Waals surface area contributed by atoms with Crippen molar-refractivity contribution >= 4 is 23.2 Å². The number of fused-ring (bicyclic) bond motifs is 1. The van der Waals surface area contributed by atoms with Crippen LogP contribution in [0.15, 0.2) is 67.0 Å². The predicted octanol–water partition coefficient (Wildman–Crippen LogP) is 4.03. The molecular formula is C22H21N3O2. The maximum absolute atomic E-state index is 12.7. The van der Waals surface area contributed by atoms with Gasteiger partial charge < -0.3 is 14.8 Å². The Morgan fingerprint density at radius 1 is 1.04 bits per heavy atom. The highest BCUT2D eigenvalue weighted by atomic mass is 16.2. The minimum absolute atomic E-state index is 0.118. The zero-order valence-electron chi connectivity index (χ0n) is 15.2. The lowest BCUT2D eigenvalue weighted by Gasteiger charge is -2.16. The third-order valence-corrected chi connectivity index (χ3v) is 4.85. The molecule has 0 atom stereocenters. The van der Waals surface area contributed by atoms with Gasteiger partial charge in [-0.3, -0.25) is 9.59 Å². The summed E-state index contributed by atoms with van der Waals surface area (Å²) in [6, 6.07) is 17.2. The zero-order chi connectivity index (χ0) is 18.8. The minimum Gasteiger partial charge on any atom is -0.324 e. The molecule has 5 heteroatoms. The molecule has 2 heterocycles. The molecule has 3 aromatic rings. The van der Waals surface area contributed by atoms with E-state index in [4.69, 9.17) is 0 Å². The van der Waals surface area contributed by atoms with E-state index in [2.05, 4.69) is 5.32 Å². The summed E-state index contributed by atoms with van der Waals surface area (Å²) in [5, 5.41) is 2.96. The van der Waals surface area contributed by atoms with Gasteiger partial charge in [0, 0.05) is 48.0 Å². The Balaban J connectivity index is 1.53. The maximum Gasteiger partial charge on any atom is 0.255 e. The van der Waals surface area contributed by atoms with Crippen molar-refractivity contribution in [3.05, 3.63) is 78.1 Å². The van der Waals surface area contributed by atoms with Crippen LogP contribution in [0.25, 0.3) is 5.69 Å². The van der Waals surface area contributed by atoms with E-state index in [1.54, 1.807) is 11.0 Å². The van der Waals surface area contributed by atoms with Gasteiger partial charge in [-0.05, 0) is 60.5 Å². The van der Waals surface area contributed by atoms with Crippen molar-refractivity contribution in [3.8, 4) is 5.69 Å². The van der Waals surface area contributed by atoms with Crippen LogP contribution in [-0.4, -0.2) is 22.9 Å². The summed E-state index contributed by atoms with van der Waals surface area (Å²) in [5.74, 6) is -0.0319. The van der Waals surface area contributed by atoms with Gasteiger partial charge in [-0.2, -0.15) is 0 Å². The van der Waals surface area contributed by atoms with Gasteiger partial charge in [0.05, 0.1) is 0 Å². The fourth-order valence-corrected chi connectivity index (χ4v) is 3.45. The average molecular weight is 359 g/mol. The standard InChI is InChI=1S/C22H21N3O2/c1-2-21(26)25-13-10-16-14-17(8-9-20(16)25)22(27)23-18-6-5-7-19(15-18)24-11-3-4-12-24/h3-9,11-12,14-15H,2,10,13H2,1H3,(H,23,27). The fourth-order valence-electron chi connectivity index (χ4n) is 3.45. The Labute approximate surface area is 158 Å². The molecule has 0 bridgehead atoms. The van der Waals surface area contributed by atoms with Gasteiger partial charge in [-0.15, -0.1) is 0 Å². The van der Waals surface area contributed by atoms with E-state index in [1.165, 1.54) is 0 Å². The number of benzene rings is 2. The summed E-state index contributed by atoms with van der Waals surface area (Å²) >= 11 is 0. The Morgan fingerprint density at radius 2 is 1.85 bits per heavy atom. The number of anilines is 2. The van der Waals surface area contributed by atoms with Gasteiger partial charge in [0.2, 0.25) is 5.91 Å². The molecule has 0 fully saturated rings. The minimum atomic E-state index is -0.150. The first kappa shape index (κ1) is 17.1. The number of nitrogens with one attached hydrogen (secondary N) is 1. The van der Waals surface area contributed by atoms with Crippen LogP contribution in [0.3, 0.4) is 0 Å². The smallest absolute Gasteiger partial charge is 0.255 e. The van der Waals surface area contributed by atoms with Crippen LogP contribution >= 0.6 is 0 Å². The molecule has 2 aromatic carbocycles. The van der Waals surface area contributed by atoms with Crippen molar-refractivity contribution in [1.29, 1.82) is 0 Å². The third kappa shape index (κ3) is 3.36. The summed E-state index contributed by atoms with van der Waals surface area (Å²) in [7, 11) is 0. The zero-order valence-corrected chi connectivity index (χ0v) is 15.2. The number of hydrogen-bond acceptors (Lipinski definition) is 2. The topological polar surface area (TPSA) is 54.3 Å². The molecular weight excluding hydrogens is 338 g/mol. The lowest BCUT2D eigenvalue weighted by molar-refractivity contribution is -0.118.